The second-order valence-corrected chi connectivity index (χ2v) is 6.69. The second-order valence-electron chi connectivity index (χ2n) is 4.86. The predicted molar refractivity (Wildman–Crippen MR) is 86.2 cm³/mol. The Morgan fingerprint density at radius 3 is 2.15 bits per heavy atom. The summed E-state index contributed by atoms with van der Waals surface area (Å²) < 4.78 is 15.1. The van der Waals surface area contributed by atoms with Gasteiger partial charge in [0.2, 0.25) is 0 Å². The van der Waals surface area contributed by atoms with E-state index in [4.69, 9.17) is 0 Å². The molecule has 0 saturated carbocycles. The van der Waals surface area contributed by atoms with Crippen molar-refractivity contribution in [1.29, 1.82) is 0 Å². The lowest BCUT2D eigenvalue weighted by molar-refractivity contribution is 0.225. The highest BCUT2D eigenvalue weighted by Gasteiger charge is 2.11. The zero-order valence-electron chi connectivity index (χ0n) is 10.8. The van der Waals surface area contributed by atoms with Crippen molar-refractivity contribution >= 4 is 31.9 Å². The molecule has 1 N–H and O–H groups in total. The van der Waals surface area contributed by atoms with Crippen LogP contribution in [0, 0.1) is 11.7 Å². The highest BCUT2D eigenvalue weighted by Crippen LogP contribution is 2.20. The molecule has 0 aromatic heterocycles. The van der Waals surface area contributed by atoms with Gasteiger partial charge in [0.05, 0.1) is 0 Å². The van der Waals surface area contributed by atoms with Crippen LogP contribution in [-0.2, 0) is 12.8 Å². The van der Waals surface area contributed by atoms with Crippen LogP contribution in [0.5, 0.6) is 0 Å². The van der Waals surface area contributed by atoms with Gasteiger partial charge in [-0.1, -0.05) is 44.0 Å². The quantitative estimate of drug-likeness (QED) is 0.766. The average Bonchev–Trinajstić information content (AvgIpc) is 2.39. The molecule has 0 bridgehead atoms. The minimum absolute atomic E-state index is 0.0875. The zero-order chi connectivity index (χ0) is 14.5. The van der Waals surface area contributed by atoms with Crippen LogP contribution in [0.4, 0.5) is 4.39 Å². The highest BCUT2D eigenvalue weighted by atomic mass is 79.9. The van der Waals surface area contributed by atoms with E-state index < -0.39 is 0 Å². The molecule has 106 valence electrons. The van der Waals surface area contributed by atoms with Gasteiger partial charge in [-0.25, -0.2) is 4.39 Å². The largest absolute Gasteiger partial charge is 0.396 e. The topological polar surface area (TPSA) is 20.2 Å². The van der Waals surface area contributed by atoms with Gasteiger partial charge in [-0.3, -0.25) is 0 Å². The molecule has 0 heterocycles. The molecule has 1 atom stereocenters. The summed E-state index contributed by atoms with van der Waals surface area (Å²) in [5.74, 6) is -0.167. The fraction of sp³-hybridized carbons (Fsp3) is 0.250. The fourth-order valence-corrected chi connectivity index (χ4v) is 2.99. The van der Waals surface area contributed by atoms with Crippen LogP contribution in [0.15, 0.2) is 51.4 Å². The Morgan fingerprint density at radius 2 is 1.55 bits per heavy atom. The number of hydrogen-bond acceptors (Lipinski definition) is 1. The third-order valence-electron chi connectivity index (χ3n) is 3.14. The van der Waals surface area contributed by atoms with E-state index in [0.717, 1.165) is 20.9 Å². The maximum atomic E-state index is 13.4. The molecule has 4 heteroatoms. The van der Waals surface area contributed by atoms with E-state index in [2.05, 4.69) is 31.9 Å². The van der Waals surface area contributed by atoms with Crippen LogP contribution in [0.2, 0.25) is 0 Å². The van der Waals surface area contributed by atoms with Gasteiger partial charge in [-0.2, -0.15) is 0 Å². The van der Waals surface area contributed by atoms with Gasteiger partial charge in [0.25, 0.3) is 0 Å². The van der Waals surface area contributed by atoms with Crippen molar-refractivity contribution in [3.05, 3.63) is 68.4 Å². The summed E-state index contributed by atoms with van der Waals surface area (Å²) in [5, 5.41) is 9.53. The molecule has 0 radical (unpaired) electrons. The van der Waals surface area contributed by atoms with Crippen LogP contribution in [0.3, 0.4) is 0 Å². The molecule has 0 aliphatic rings. The van der Waals surface area contributed by atoms with Crippen LogP contribution in [0.25, 0.3) is 0 Å². The molecule has 0 aliphatic heterocycles. The Kier molecular flexibility index (Phi) is 5.75. The first kappa shape index (κ1) is 15.7. The second kappa shape index (κ2) is 7.34. The zero-order valence-corrected chi connectivity index (χ0v) is 14.0. The van der Waals surface area contributed by atoms with Crippen molar-refractivity contribution in [3.63, 3.8) is 0 Å². The van der Waals surface area contributed by atoms with Crippen molar-refractivity contribution in [3.8, 4) is 0 Å². The summed E-state index contributed by atoms with van der Waals surface area (Å²) >= 11 is 6.69. The average molecular weight is 402 g/mol. The van der Waals surface area contributed by atoms with E-state index >= 15 is 0 Å². The normalized spacial score (nSPS) is 12.4. The molecular formula is C16H15Br2FO. The van der Waals surface area contributed by atoms with E-state index in [1.54, 1.807) is 0 Å². The fourth-order valence-electron chi connectivity index (χ4n) is 2.22. The molecule has 1 nitrogen and oxygen atoms in total. The third-order valence-corrected chi connectivity index (χ3v) is 4.13. The van der Waals surface area contributed by atoms with Crippen molar-refractivity contribution in [1.82, 2.24) is 0 Å². The Labute approximate surface area is 135 Å². The summed E-state index contributed by atoms with van der Waals surface area (Å²) in [6.45, 7) is 0.0875. The van der Waals surface area contributed by atoms with E-state index in [1.807, 2.05) is 30.3 Å². The molecule has 20 heavy (non-hydrogen) atoms. The van der Waals surface area contributed by atoms with E-state index in [9.17, 15) is 9.50 Å². The van der Waals surface area contributed by atoms with E-state index in [-0.39, 0.29) is 18.3 Å². The molecule has 0 fully saturated rings. The predicted octanol–water partition coefficient (Wildman–Crippen LogP) is 4.74. The monoisotopic (exact) mass is 400 g/mol. The highest BCUT2D eigenvalue weighted by molar-refractivity contribution is 9.10. The van der Waals surface area contributed by atoms with Crippen LogP contribution < -0.4 is 0 Å². The van der Waals surface area contributed by atoms with Crippen molar-refractivity contribution in [2.45, 2.75) is 12.8 Å². The molecule has 0 amide bonds. The molecular weight excluding hydrogens is 387 g/mol. The van der Waals surface area contributed by atoms with Gasteiger partial charge in [-0.05, 0) is 60.2 Å². The van der Waals surface area contributed by atoms with Crippen molar-refractivity contribution in [2.24, 2.45) is 5.92 Å². The van der Waals surface area contributed by atoms with Crippen LogP contribution in [-0.4, -0.2) is 11.7 Å². The first-order valence-electron chi connectivity index (χ1n) is 6.37. The summed E-state index contributed by atoms with van der Waals surface area (Å²) in [6.07, 6.45) is 1.43. The Bertz CT molecular complexity index is 549. The molecule has 2 aromatic rings. The molecule has 2 aromatic carbocycles. The molecule has 2 rings (SSSR count). The van der Waals surface area contributed by atoms with E-state index in [0.29, 0.717) is 6.42 Å². The SMILES string of the molecule is OCC(Cc1ccc(Br)cc1)Cc1cc(F)cc(Br)c1. The Balaban J connectivity index is 2.06. The summed E-state index contributed by atoms with van der Waals surface area (Å²) in [5.41, 5.74) is 2.07. The van der Waals surface area contributed by atoms with E-state index in [1.165, 1.54) is 17.7 Å². The maximum absolute atomic E-state index is 13.4. The lowest BCUT2D eigenvalue weighted by Gasteiger charge is -2.15. The summed E-state index contributed by atoms with van der Waals surface area (Å²) in [6, 6.07) is 12.9. The Hall–Kier alpha value is -0.710. The summed E-state index contributed by atoms with van der Waals surface area (Å²) in [7, 11) is 0. The van der Waals surface area contributed by atoms with Gasteiger partial charge in [0.15, 0.2) is 0 Å². The van der Waals surface area contributed by atoms with Crippen LogP contribution in [0.1, 0.15) is 11.1 Å². The van der Waals surface area contributed by atoms with Gasteiger partial charge in [0, 0.05) is 15.6 Å². The van der Waals surface area contributed by atoms with Crippen molar-refractivity contribution < 1.29 is 9.50 Å². The summed E-state index contributed by atoms with van der Waals surface area (Å²) in [4.78, 5) is 0. The standard InChI is InChI=1S/C16H15Br2FO/c17-14-3-1-11(2-4-14)5-13(10-20)6-12-7-15(18)9-16(19)8-12/h1-4,7-9,13,20H,5-6,10H2. The minimum atomic E-state index is -0.255. The minimum Gasteiger partial charge on any atom is -0.396 e. The van der Waals surface area contributed by atoms with Gasteiger partial charge in [-0.15, -0.1) is 0 Å². The van der Waals surface area contributed by atoms with Crippen molar-refractivity contribution in [2.75, 3.05) is 6.61 Å². The van der Waals surface area contributed by atoms with Crippen LogP contribution >= 0.6 is 31.9 Å². The maximum Gasteiger partial charge on any atom is 0.124 e. The number of benzene rings is 2. The number of aliphatic hydroxyl groups is 1. The lowest BCUT2D eigenvalue weighted by atomic mass is 9.93. The molecule has 0 spiro atoms. The lowest BCUT2D eigenvalue weighted by Crippen LogP contribution is -2.13. The van der Waals surface area contributed by atoms with Gasteiger partial charge in [0.1, 0.15) is 5.82 Å². The first-order valence-corrected chi connectivity index (χ1v) is 7.95. The number of halogens is 3. The third kappa shape index (κ3) is 4.69. The number of aliphatic hydroxyl groups excluding tert-OH is 1. The molecule has 1 unspecified atom stereocenters. The molecule has 0 aliphatic carbocycles. The Morgan fingerprint density at radius 1 is 0.900 bits per heavy atom. The van der Waals surface area contributed by atoms with Gasteiger partial charge >= 0.3 is 0 Å². The smallest absolute Gasteiger partial charge is 0.124 e. The van der Waals surface area contributed by atoms with Gasteiger partial charge < -0.3 is 5.11 Å². The first-order chi connectivity index (χ1) is 9.56. The number of hydrogen-bond donors (Lipinski definition) is 1. The molecule has 0 saturated heterocycles. The number of rotatable bonds is 5.